The Labute approximate surface area is 148 Å². The Morgan fingerprint density at radius 2 is 2.00 bits per heavy atom. The summed E-state index contributed by atoms with van der Waals surface area (Å²) in [4.78, 5) is 4.66. The van der Waals surface area contributed by atoms with Gasteiger partial charge in [0.1, 0.15) is 9.84 Å². The molecule has 0 aromatic heterocycles. The van der Waals surface area contributed by atoms with Crippen molar-refractivity contribution in [2.75, 3.05) is 31.6 Å². The average molecular weight is 358 g/mol. The summed E-state index contributed by atoms with van der Waals surface area (Å²) in [5, 5.41) is 6.72. The van der Waals surface area contributed by atoms with E-state index in [0.717, 1.165) is 43.7 Å². The van der Waals surface area contributed by atoms with Crippen LogP contribution < -0.4 is 10.6 Å². The quantitative estimate of drug-likeness (QED) is 0.517. The van der Waals surface area contributed by atoms with Crippen LogP contribution in [0, 0.1) is 17.3 Å². The van der Waals surface area contributed by atoms with Gasteiger partial charge in [0, 0.05) is 31.3 Å². The van der Waals surface area contributed by atoms with Crippen LogP contribution in [0.25, 0.3) is 0 Å². The minimum absolute atomic E-state index is 0.102. The monoisotopic (exact) mass is 357 g/mol. The van der Waals surface area contributed by atoms with E-state index in [9.17, 15) is 8.42 Å². The molecular weight excluding hydrogens is 322 g/mol. The van der Waals surface area contributed by atoms with Gasteiger partial charge in [0.25, 0.3) is 0 Å². The highest BCUT2D eigenvalue weighted by molar-refractivity contribution is 7.90. The largest absolute Gasteiger partial charge is 0.357 e. The van der Waals surface area contributed by atoms with E-state index in [1.54, 1.807) is 0 Å². The third-order valence-electron chi connectivity index (χ3n) is 5.33. The van der Waals surface area contributed by atoms with E-state index in [-0.39, 0.29) is 11.2 Å². The number of hydrogen-bond acceptors (Lipinski definition) is 3. The second-order valence-electron chi connectivity index (χ2n) is 8.12. The zero-order valence-electron chi connectivity index (χ0n) is 15.6. The second-order valence-corrected chi connectivity index (χ2v) is 10.3. The van der Waals surface area contributed by atoms with Crippen LogP contribution in [0.1, 0.15) is 58.8 Å². The fraction of sp³-hybridized carbons (Fsp3) is 0.944. The zero-order valence-corrected chi connectivity index (χ0v) is 16.4. The molecule has 0 saturated heterocycles. The minimum Gasteiger partial charge on any atom is -0.357 e. The Hall–Kier alpha value is -0.780. The van der Waals surface area contributed by atoms with Crippen molar-refractivity contribution in [1.29, 1.82) is 0 Å². The second kappa shape index (κ2) is 8.54. The lowest BCUT2D eigenvalue weighted by molar-refractivity contribution is 0.270. The zero-order chi connectivity index (χ0) is 17.6. The number of guanidine groups is 1. The highest BCUT2D eigenvalue weighted by atomic mass is 32.2. The predicted molar refractivity (Wildman–Crippen MR) is 101 cm³/mol. The van der Waals surface area contributed by atoms with Gasteiger partial charge in [-0.15, -0.1) is 0 Å². The number of hydrogen-bond donors (Lipinski definition) is 2. The summed E-state index contributed by atoms with van der Waals surface area (Å²) in [5.74, 6) is 2.81. The van der Waals surface area contributed by atoms with Crippen LogP contribution >= 0.6 is 0 Å². The van der Waals surface area contributed by atoms with E-state index in [2.05, 4.69) is 29.5 Å². The molecule has 140 valence electrons. The van der Waals surface area contributed by atoms with Crippen LogP contribution in [0.3, 0.4) is 0 Å². The lowest BCUT2D eigenvalue weighted by Crippen LogP contribution is -2.39. The fourth-order valence-electron chi connectivity index (χ4n) is 3.89. The Morgan fingerprint density at radius 3 is 2.58 bits per heavy atom. The third-order valence-corrected chi connectivity index (χ3v) is 6.47. The Morgan fingerprint density at radius 1 is 1.25 bits per heavy atom. The van der Waals surface area contributed by atoms with E-state index in [0.29, 0.717) is 6.54 Å². The molecule has 5 nitrogen and oxygen atoms in total. The summed E-state index contributed by atoms with van der Waals surface area (Å²) in [6.07, 6.45) is 9.94. The van der Waals surface area contributed by atoms with Gasteiger partial charge in [-0.05, 0) is 44.4 Å². The highest BCUT2D eigenvalue weighted by Crippen LogP contribution is 2.46. The molecule has 6 heteroatoms. The van der Waals surface area contributed by atoms with Gasteiger partial charge in [-0.25, -0.2) is 8.42 Å². The maximum absolute atomic E-state index is 11.6. The first-order valence-electron chi connectivity index (χ1n) is 9.52. The maximum Gasteiger partial charge on any atom is 0.191 e. The maximum atomic E-state index is 11.6. The molecule has 0 radical (unpaired) electrons. The molecule has 2 atom stereocenters. The molecule has 2 fully saturated rings. The van der Waals surface area contributed by atoms with E-state index in [1.807, 2.05) is 0 Å². The lowest BCUT2D eigenvalue weighted by Gasteiger charge is -2.27. The molecule has 2 rings (SSSR count). The summed E-state index contributed by atoms with van der Waals surface area (Å²) in [7, 11) is -2.93. The molecule has 2 N–H and O–H groups in total. The SMILES string of the molecule is CCNC(=NCC1(CS(C)(=O)=O)CC1)NCCC1CCCC(C)C1. The molecular formula is C18H35N3O2S. The van der Waals surface area contributed by atoms with Crippen LogP contribution in [-0.2, 0) is 9.84 Å². The first-order valence-corrected chi connectivity index (χ1v) is 11.6. The predicted octanol–water partition coefficient (Wildman–Crippen LogP) is 2.58. The Kier molecular flexibility index (Phi) is 6.96. The van der Waals surface area contributed by atoms with Crippen LogP contribution in [0.2, 0.25) is 0 Å². The van der Waals surface area contributed by atoms with Crippen molar-refractivity contribution < 1.29 is 8.42 Å². The summed E-state index contributed by atoms with van der Waals surface area (Å²) in [6.45, 7) is 6.80. The standard InChI is InChI=1S/C18H35N3O2S/c1-4-19-17(20-11-8-16-7-5-6-15(2)12-16)21-13-18(9-10-18)14-24(3,22)23/h15-16H,4-14H2,1-3H3,(H2,19,20,21). The van der Waals surface area contributed by atoms with Crippen molar-refractivity contribution >= 4 is 15.8 Å². The smallest absolute Gasteiger partial charge is 0.191 e. The molecule has 0 aliphatic heterocycles. The normalized spacial score (nSPS) is 26.9. The molecule has 0 amide bonds. The molecule has 24 heavy (non-hydrogen) atoms. The molecule has 0 aromatic carbocycles. The fourth-order valence-corrected chi connectivity index (χ4v) is 5.38. The van der Waals surface area contributed by atoms with Crippen LogP contribution in [-0.4, -0.2) is 46.0 Å². The van der Waals surface area contributed by atoms with E-state index >= 15 is 0 Å². The number of nitrogens with one attached hydrogen (secondary N) is 2. The summed E-state index contributed by atoms with van der Waals surface area (Å²) < 4.78 is 23.1. The van der Waals surface area contributed by atoms with Crippen molar-refractivity contribution in [3.05, 3.63) is 0 Å². The van der Waals surface area contributed by atoms with Gasteiger partial charge in [-0.2, -0.15) is 0 Å². The Bertz CT molecular complexity index is 526. The average Bonchev–Trinajstić information content (AvgIpc) is 3.23. The van der Waals surface area contributed by atoms with Gasteiger partial charge < -0.3 is 10.6 Å². The number of sulfone groups is 1. The van der Waals surface area contributed by atoms with Crippen LogP contribution in [0.4, 0.5) is 0 Å². The molecule has 0 spiro atoms. The van der Waals surface area contributed by atoms with Crippen LogP contribution in [0.15, 0.2) is 4.99 Å². The first kappa shape index (κ1) is 19.5. The van der Waals surface area contributed by atoms with Crippen molar-refractivity contribution in [3.8, 4) is 0 Å². The number of aliphatic imine (C=N–C) groups is 1. The number of nitrogens with zero attached hydrogens (tertiary/aromatic N) is 1. The molecule has 2 saturated carbocycles. The third kappa shape index (κ3) is 6.99. The van der Waals surface area contributed by atoms with Gasteiger partial charge in [-0.3, -0.25) is 4.99 Å². The van der Waals surface area contributed by atoms with Crippen molar-refractivity contribution in [2.24, 2.45) is 22.2 Å². The number of rotatable bonds is 8. The summed E-state index contributed by atoms with van der Waals surface area (Å²) in [6, 6.07) is 0. The summed E-state index contributed by atoms with van der Waals surface area (Å²) >= 11 is 0. The highest BCUT2D eigenvalue weighted by Gasteiger charge is 2.45. The minimum atomic E-state index is -2.93. The lowest BCUT2D eigenvalue weighted by atomic mass is 9.81. The molecule has 2 aliphatic carbocycles. The molecule has 0 bridgehead atoms. The molecule has 2 unspecified atom stereocenters. The summed E-state index contributed by atoms with van der Waals surface area (Å²) in [5.41, 5.74) is -0.102. The topological polar surface area (TPSA) is 70.6 Å². The van der Waals surface area contributed by atoms with Gasteiger partial charge >= 0.3 is 0 Å². The van der Waals surface area contributed by atoms with Crippen LogP contribution in [0.5, 0.6) is 0 Å². The van der Waals surface area contributed by atoms with Gasteiger partial charge in [-0.1, -0.05) is 26.2 Å². The van der Waals surface area contributed by atoms with Crippen molar-refractivity contribution in [3.63, 3.8) is 0 Å². The van der Waals surface area contributed by atoms with E-state index in [4.69, 9.17) is 0 Å². The Balaban J connectivity index is 1.78. The molecule has 0 aromatic rings. The van der Waals surface area contributed by atoms with E-state index in [1.165, 1.54) is 38.4 Å². The first-order chi connectivity index (χ1) is 11.3. The van der Waals surface area contributed by atoms with Gasteiger partial charge in [0.15, 0.2) is 5.96 Å². The molecule has 0 heterocycles. The van der Waals surface area contributed by atoms with Crippen molar-refractivity contribution in [2.45, 2.75) is 58.8 Å². The van der Waals surface area contributed by atoms with Gasteiger partial charge in [0.2, 0.25) is 0 Å². The van der Waals surface area contributed by atoms with Gasteiger partial charge in [0.05, 0.1) is 5.75 Å². The molecule has 2 aliphatic rings. The van der Waals surface area contributed by atoms with E-state index < -0.39 is 9.84 Å². The van der Waals surface area contributed by atoms with Crippen molar-refractivity contribution in [1.82, 2.24) is 10.6 Å².